The van der Waals surface area contributed by atoms with Crippen LogP contribution in [0.4, 0.5) is 5.82 Å². The van der Waals surface area contributed by atoms with Crippen LogP contribution < -0.4 is 4.90 Å². The zero-order chi connectivity index (χ0) is 11.3. The summed E-state index contributed by atoms with van der Waals surface area (Å²) in [6.07, 6.45) is 1.73. The van der Waals surface area contributed by atoms with Crippen LogP contribution in [0.3, 0.4) is 0 Å². The fourth-order valence-electron chi connectivity index (χ4n) is 1.36. The molecule has 1 heterocycles. The van der Waals surface area contributed by atoms with E-state index in [9.17, 15) is 4.79 Å². The second-order valence-electron chi connectivity index (χ2n) is 3.49. The molecular weight excluding hydrogens is 192 g/mol. The smallest absolute Gasteiger partial charge is 0.310 e. The van der Waals surface area contributed by atoms with Crippen molar-refractivity contribution in [1.29, 1.82) is 0 Å². The Morgan fingerprint density at radius 2 is 2.33 bits per heavy atom. The van der Waals surface area contributed by atoms with Crippen molar-refractivity contribution < 1.29 is 9.53 Å². The Labute approximate surface area is 89.9 Å². The van der Waals surface area contributed by atoms with Crippen LogP contribution in [0.5, 0.6) is 0 Å². The van der Waals surface area contributed by atoms with Crippen molar-refractivity contribution in [2.45, 2.75) is 6.92 Å². The molecule has 4 heteroatoms. The van der Waals surface area contributed by atoms with Gasteiger partial charge in [-0.2, -0.15) is 0 Å². The van der Waals surface area contributed by atoms with Crippen LogP contribution in [0.2, 0.25) is 0 Å². The molecule has 0 aromatic carbocycles. The lowest BCUT2D eigenvalue weighted by atomic mass is 10.2. The number of carbonyl (C=O) groups is 1. The molecule has 0 aliphatic rings. The third-order valence-electron chi connectivity index (χ3n) is 2.19. The van der Waals surface area contributed by atoms with Gasteiger partial charge in [-0.3, -0.25) is 4.79 Å². The molecule has 4 nitrogen and oxygen atoms in total. The molecule has 82 valence electrons. The largest absolute Gasteiger partial charge is 0.469 e. The van der Waals surface area contributed by atoms with E-state index in [1.807, 2.05) is 37.1 Å². The Morgan fingerprint density at radius 3 is 2.87 bits per heavy atom. The maximum atomic E-state index is 11.2. The summed E-state index contributed by atoms with van der Waals surface area (Å²) in [7, 11) is 3.31. The van der Waals surface area contributed by atoms with Gasteiger partial charge in [-0.25, -0.2) is 4.98 Å². The van der Waals surface area contributed by atoms with Gasteiger partial charge in [-0.15, -0.1) is 0 Å². The normalized spacial score (nSPS) is 11.9. The second-order valence-corrected chi connectivity index (χ2v) is 3.49. The lowest BCUT2D eigenvalue weighted by Crippen LogP contribution is -2.29. The minimum atomic E-state index is -0.196. The first-order chi connectivity index (χ1) is 7.15. The Kier molecular flexibility index (Phi) is 4.09. The molecule has 0 amide bonds. The fourth-order valence-corrected chi connectivity index (χ4v) is 1.36. The van der Waals surface area contributed by atoms with Gasteiger partial charge in [0, 0.05) is 19.8 Å². The number of hydrogen-bond acceptors (Lipinski definition) is 4. The monoisotopic (exact) mass is 208 g/mol. The highest BCUT2D eigenvalue weighted by molar-refractivity contribution is 5.72. The highest BCUT2D eigenvalue weighted by atomic mass is 16.5. The molecular formula is C11H16N2O2. The molecule has 0 spiro atoms. The Balaban J connectivity index is 2.56. The number of nitrogens with zero attached hydrogens (tertiary/aromatic N) is 2. The molecule has 0 N–H and O–H groups in total. The van der Waals surface area contributed by atoms with Crippen LogP contribution in [0.25, 0.3) is 0 Å². The quantitative estimate of drug-likeness (QED) is 0.700. The van der Waals surface area contributed by atoms with E-state index in [-0.39, 0.29) is 11.9 Å². The van der Waals surface area contributed by atoms with Crippen molar-refractivity contribution in [3.63, 3.8) is 0 Å². The summed E-state index contributed by atoms with van der Waals surface area (Å²) >= 11 is 0. The summed E-state index contributed by atoms with van der Waals surface area (Å²) < 4.78 is 4.66. The minimum absolute atomic E-state index is 0.151. The second kappa shape index (κ2) is 5.34. The molecule has 1 aromatic heterocycles. The van der Waals surface area contributed by atoms with Crippen LogP contribution in [0.1, 0.15) is 6.92 Å². The molecule has 1 rings (SSSR count). The molecule has 1 atom stereocenters. The molecule has 0 aliphatic carbocycles. The van der Waals surface area contributed by atoms with Crippen LogP contribution in [-0.2, 0) is 9.53 Å². The number of methoxy groups -OCH3 is 1. The van der Waals surface area contributed by atoms with Gasteiger partial charge in [0.1, 0.15) is 5.82 Å². The lowest BCUT2D eigenvalue weighted by Gasteiger charge is -2.20. The Morgan fingerprint density at radius 1 is 1.60 bits per heavy atom. The average Bonchev–Trinajstić information content (AvgIpc) is 2.29. The first kappa shape index (κ1) is 11.5. The summed E-state index contributed by atoms with van der Waals surface area (Å²) in [4.78, 5) is 17.3. The molecule has 1 aromatic rings. The molecule has 0 bridgehead atoms. The van der Waals surface area contributed by atoms with Gasteiger partial charge < -0.3 is 9.64 Å². The first-order valence-corrected chi connectivity index (χ1v) is 4.85. The Bertz CT molecular complexity index is 314. The number of ether oxygens (including phenoxy) is 1. The van der Waals surface area contributed by atoms with Crippen LogP contribution in [0, 0.1) is 5.92 Å². The van der Waals surface area contributed by atoms with Gasteiger partial charge >= 0.3 is 5.97 Å². The molecule has 0 radical (unpaired) electrons. The third-order valence-corrected chi connectivity index (χ3v) is 2.19. The first-order valence-electron chi connectivity index (χ1n) is 4.85. The molecule has 1 unspecified atom stereocenters. The summed E-state index contributed by atoms with van der Waals surface area (Å²) in [6.45, 7) is 2.44. The number of pyridine rings is 1. The molecule has 0 aliphatic heterocycles. The highest BCUT2D eigenvalue weighted by Gasteiger charge is 2.15. The van der Waals surface area contributed by atoms with E-state index >= 15 is 0 Å². The molecule has 15 heavy (non-hydrogen) atoms. The van der Waals surface area contributed by atoms with Crippen molar-refractivity contribution in [2.24, 2.45) is 5.92 Å². The topological polar surface area (TPSA) is 42.4 Å². The van der Waals surface area contributed by atoms with Crippen molar-refractivity contribution in [1.82, 2.24) is 4.98 Å². The van der Waals surface area contributed by atoms with Crippen LogP contribution >= 0.6 is 0 Å². The zero-order valence-electron chi connectivity index (χ0n) is 9.30. The lowest BCUT2D eigenvalue weighted by molar-refractivity contribution is -0.144. The summed E-state index contributed by atoms with van der Waals surface area (Å²) in [5.74, 6) is 0.507. The van der Waals surface area contributed by atoms with E-state index in [0.717, 1.165) is 5.82 Å². The minimum Gasteiger partial charge on any atom is -0.469 e. The predicted molar refractivity (Wildman–Crippen MR) is 58.7 cm³/mol. The van der Waals surface area contributed by atoms with E-state index in [1.165, 1.54) is 7.11 Å². The number of anilines is 1. The number of hydrogen-bond donors (Lipinski definition) is 0. The molecule has 0 fully saturated rings. The summed E-state index contributed by atoms with van der Waals surface area (Å²) in [6, 6.07) is 5.69. The average molecular weight is 208 g/mol. The Hall–Kier alpha value is -1.58. The maximum Gasteiger partial charge on any atom is 0.310 e. The van der Waals surface area contributed by atoms with Gasteiger partial charge in [0.05, 0.1) is 13.0 Å². The molecule has 0 saturated carbocycles. The van der Waals surface area contributed by atoms with Crippen LogP contribution in [0.15, 0.2) is 24.4 Å². The van der Waals surface area contributed by atoms with E-state index in [2.05, 4.69) is 9.72 Å². The van der Waals surface area contributed by atoms with Gasteiger partial charge in [0.15, 0.2) is 0 Å². The van der Waals surface area contributed by atoms with E-state index < -0.39 is 0 Å². The zero-order valence-corrected chi connectivity index (χ0v) is 9.30. The van der Waals surface area contributed by atoms with Gasteiger partial charge in [-0.05, 0) is 12.1 Å². The van der Waals surface area contributed by atoms with Crippen LogP contribution in [-0.4, -0.2) is 31.7 Å². The number of aromatic nitrogens is 1. The standard InChI is InChI=1S/C11H16N2O2/c1-9(11(14)15-3)8-13(2)10-6-4-5-7-12-10/h4-7,9H,8H2,1-3H3. The summed E-state index contributed by atoms with van der Waals surface area (Å²) in [5, 5.41) is 0. The van der Waals surface area contributed by atoms with Crippen molar-refractivity contribution in [3.8, 4) is 0 Å². The molecule has 0 saturated heterocycles. The third kappa shape index (κ3) is 3.23. The van der Waals surface area contributed by atoms with Gasteiger partial charge in [0.2, 0.25) is 0 Å². The predicted octanol–water partition coefficient (Wildman–Crippen LogP) is 1.33. The summed E-state index contributed by atoms with van der Waals surface area (Å²) in [5.41, 5.74) is 0. The number of rotatable bonds is 4. The van der Waals surface area contributed by atoms with Crippen molar-refractivity contribution in [2.75, 3.05) is 25.6 Å². The number of carbonyl (C=O) groups excluding carboxylic acids is 1. The van der Waals surface area contributed by atoms with Gasteiger partial charge in [-0.1, -0.05) is 13.0 Å². The van der Waals surface area contributed by atoms with E-state index in [0.29, 0.717) is 6.54 Å². The highest BCUT2D eigenvalue weighted by Crippen LogP contribution is 2.09. The maximum absolute atomic E-state index is 11.2. The van der Waals surface area contributed by atoms with Crippen molar-refractivity contribution >= 4 is 11.8 Å². The number of esters is 1. The van der Waals surface area contributed by atoms with E-state index in [1.54, 1.807) is 6.20 Å². The van der Waals surface area contributed by atoms with E-state index in [4.69, 9.17) is 0 Å². The van der Waals surface area contributed by atoms with Gasteiger partial charge in [0.25, 0.3) is 0 Å². The van der Waals surface area contributed by atoms with Crippen molar-refractivity contribution in [3.05, 3.63) is 24.4 Å². The fraction of sp³-hybridized carbons (Fsp3) is 0.455. The SMILES string of the molecule is COC(=O)C(C)CN(C)c1ccccn1.